The molecule has 0 aromatic heterocycles. The summed E-state index contributed by atoms with van der Waals surface area (Å²) < 4.78 is 0. The molecule has 0 aliphatic carbocycles. The number of carbonyl (C=O) groups excluding carboxylic acids is 2. The second kappa shape index (κ2) is 9.34. The van der Waals surface area contributed by atoms with Gasteiger partial charge in [0.2, 0.25) is 11.8 Å². The normalized spacial score (nSPS) is 11.6. The van der Waals surface area contributed by atoms with Crippen molar-refractivity contribution in [3.05, 3.63) is 0 Å². The third kappa shape index (κ3) is 6.72. The summed E-state index contributed by atoms with van der Waals surface area (Å²) in [6.07, 6.45) is 0. The number of carbonyl (C=O) groups is 2. The van der Waals surface area contributed by atoms with Crippen molar-refractivity contribution in [3.63, 3.8) is 0 Å². The van der Waals surface area contributed by atoms with Crippen LogP contribution in [0.3, 0.4) is 0 Å². The SMILES string of the molecule is CC(C)N(C(=O)CSCC(=O)N(C(C)C)C(C)C)C(C)C. The van der Waals surface area contributed by atoms with E-state index in [4.69, 9.17) is 0 Å². The Bertz CT molecular complexity index is 293. The Morgan fingerprint density at radius 2 is 0.905 bits per heavy atom. The van der Waals surface area contributed by atoms with Crippen LogP contribution in [0.15, 0.2) is 0 Å². The molecule has 5 heteroatoms. The highest BCUT2D eigenvalue weighted by molar-refractivity contribution is 8.00. The summed E-state index contributed by atoms with van der Waals surface area (Å²) in [6, 6.07) is 0.765. The molecule has 0 heterocycles. The fourth-order valence-electron chi connectivity index (χ4n) is 2.72. The van der Waals surface area contributed by atoms with Crippen LogP contribution < -0.4 is 0 Å². The van der Waals surface area contributed by atoms with Gasteiger partial charge in [-0.25, -0.2) is 0 Å². The average molecular weight is 317 g/mol. The largest absolute Gasteiger partial charge is 0.337 e. The van der Waals surface area contributed by atoms with E-state index in [2.05, 4.69) is 0 Å². The van der Waals surface area contributed by atoms with E-state index >= 15 is 0 Å². The molecule has 0 aliphatic rings. The number of rotatable bonds is 8. The van der Waals surface area contributed by atoms with Gasteiger partial charge in [-0.05, 0) is 55.4 Å². The maximum Gasteiger partial charge on any atom is 0.233 e. The Labute approximate surface area is 134 Å². The first-order valence-electron chi connectivity index (χ1n) is 7.79. The van der Waals surface area contributed by atoms with Gasteiger partial charge in [-0.3, -0.25) is 9.59 Å². The third-order valence-electron chi connectivity index (χ3n) is 3.25. The number of amides is 2. The van der Waals surface area contributed by atoms with Crippen LogP contribution in [0.5, 0.6) is 0 Å². The molecule has 0 aliphatic heterocycles. The fourth-order valence-corrected chi connectivity index (χ4v) is 3.47. The summed E-state index contributed by atoms with van der Waals surface area (Å²) in [6.45, 7) is 16.2. The number of thioether (sulfide) groups is 1. The first-order valence-corrected chi connectivity index (χ1v) is 8.95. The van der Waals surface area contributed by atoms with Crippen molar-refractivity contribution >= 4 is 23.6 Å². The van der Waals surface area contributed by atoms with Crippen LogP contribution in [0, 0.1) is 0 Å². The van der Waals surface area contributed by atoms with E-state index in [0.717, 1.165) is 0 Å². The lowest BCUT2D eigenvalue weighted by molar-refractivity contribution is -0.132. The highest BCUT2D eigenvalue weighted by atomic mass is 32.2. The van der Waals surface area contributed by atoms with E-state index in [1.807, 2.05) is 65.2 Å². The van der Waals surface area contributed by atoms with Gasteiger partial charge in [0.05, 0.1) is 11.5 Å². The molecule has 0 spiro atoms. The number of hydrogen-bond donors (Lipinski definition) is 0. The molecule has 0 fully saturated rings. The lowest BCUT2D eigenvalue weighted by Gasteiger charge is -2.32. The molecule has 0 atom stereocenters. The van der Waals surface area contributed by atoms with Gasteiger partial charge in [0.1, 0.15) is 0 Å². The van der Waals surface area contributed by atoms with Crippen molar-refractivity contribution in [3.8, 4) is 0 Å². The zero-order valence-electron chi connectivity index (χ0n) is 14.8. The van der Waals surface area contributed by atoms with E-state index in [1.54, 1.807) is 0 Å². The first-order chi connectivity index (χ1) is 9.59. The molecule has 4 nitrogen and oxygen atoms in total. The van der Waals surface area contributed by atoms with Gasteiger partial charge in [-0.15, -0.1) is 11.8 Å². The molecular formula is C16H32N2O2S. The van der Waals surface area contributed by atoms with Crippen LogP contribution in [-0.4, -0.2) is 57.3 Å². The van der Waals surface area contributed by atoms with Gasteiger partial charge in [-0.2, -0.15) is 0 Å². The summed E-state index contributed by atoms with van der Waals surface area (Å²) in [5.41, 5.74) is 0. The average Bonchev–Trinajstić information content (AvgIpc) is 2.26. The number of hydrogen-bond acceptors (Lipinski definition) is 3. The lowest BCUT2D eigenvalue weighted by Crippen LogP contribution is -2.44. The van der Waals surface area contributed by atoms with Gasteiger partial charge in [0.15, 0.2) is 0 Å². The highest BCUT2D eigenvalue weighted by Crippen LogP contribution is 2.13. The minimum absolute atomic E-state index is 0.110. The Kier molecular flexibility index (Phi) is 9.02. The third-order valence-corrected chi connectivity index (χ3v) is 4.15. The number of nitrogens with zero attached hydrogens (tertiary/aromatic N) is 2. The highest BCUT2D eigenvalue weighted by Gasteiger charge is 2.22. The summed E-state index contributed by atoms with van der Waals surface area (Å²) in [7, 11) is 0. The van der Waals surface area contributed by atoms with E-state index in [0.29, 0.717) is 11.5 Å². The summed E-state index contributed by atoms with van der Waals surface area (Å²) in [5.74, 6) is 0.954. The molecule has 0 N–H and O–H groups in total. The van der Waals surface area contributed by atoms with Crippen molar-refractivity contribution in [2.75, 3.05) is 11.5 Å². The van der Waals surface area contributed by atoms with Crippen molar-refractivity contribution in [2.24, 2.45) is 0 Å². The topological polar surface area (TPSA) is 40.6 Å². The predicted molar refractivity (Wildman–Crippen MR) is 91.6 cm³/mol. The molecule has 0 radical (unpaired) electrons. The van der Waals surface area contributed by atoms with Crippen LogP contribution in [0.1, 0.15) is 55.4 Å². The van der Waals surface area contributed by atoms with Gasteiger partial charge in [0.25, 0.3) is 0 Å². The Hall–Kier alpha value is -0.710. The second-order valence-corrected chi connectivity index (χ2v) is 7.46. The summed E-state index contributed by atoms with van der Waals surface area (Å²) in [4.78, 5) is 28.2. The molecule has 0 unspecified atom stereocenters. The van der Waals surface area contributed by atoms with E-state index in [-0.39, 0.29) is 36.0 Å². The zero-order valence-corrected chi connectivity index (χ0v) is 15.7. The predicted octanol–water partition coefficient (Wildman–Crippen LogP) is 3.01. The zero-order chi connectivity index (χ0) is 16.7. The Morgan fingerprint density at radius 3 is 1.10 bits per heavy atom. The first kappa shape index (κ1) is 20.3. The van der Waals surface area contributed by atoms with Gasteiger partial charge in [0, 0.05) is 24.2 Å². The van der Waals surface area contributed by atoms with Gasteiger partial charge < -0.3 is 9.80 Å². The molecule has 0 aromatic carbocycles. The van der Waals surface area contributed by atoms with E-state index < -0.39 is 0 Å². The van der Waals surface area contributed by atoms with Gasteiger partial charge >= 0.3 is 0 Å². The fraction of sp³-hybridized carbons (Fsp3) is 0.875. The van der Waals surface area contributed by atoms with E-state index in [1.165, 1.54) is 11.8 Å². The van der Waals surface area contributed by atoms with Crippen molar-refractivity contribution < 1.29 is 9.59 Å². The maximum absolute atomic E-state index is 12.2. The Balaban J connectivity index is 4.42. The van der Waals surface area contributed by atoms with Crippen LogP contribution in [0.25, 0.3) is 0 Å². The minimum Gasteiger partial charge on any atom is -0.337 e. The molecule has 0 saturated carbocycles. The van der Waals surface area contributed by atoms with Crippen molar-refractivity contribution in [2.45, 2.75) is 79.6 Å². The van der Waals surface area contributed by atoms with Crippen molar-refractivity contribution in [1.29, 1.82) is 0 Å². The smallest absolute Gasteiger partial charge is 0.233 e. The molecule has 0 aromatic rings. The standard InChI is InChI=1S/C16H32N2O2S/c1-11(2)17(12(3)4)15(19)9-21-10-16(20)18(13(5)6)14(7)8/h11-14H,9-10H2,1-8H3. The lowest BCUT2D eigenvalue weighted by atomic mass is 10.2. The quantitative estimate of drug-likeness (QED) is 0.691. The van der Waals surface area contributed by atoms with Crippen LogP contribution >= 0.6 is 11.8 Å². The molecule has 21 heavy (non-hydrogen) atoms. The molecule has 0 rings (SSSR count). The molecule has 0 saturated heterocycles. The Morgan fingerprint density at radius 1 is 0.667 bits per heavy atom. The maximum atomic E-state index is 12.2. The second-order valence-electron chi connectivity index (χ2n) is 6.47. The minimum atomic E-state index is 0.110. The molecule has 0 bridgehead atoms. The summed E-state index contributed by atoms with van der Waals surface area (Å²) in [5, 5.41) is 0. The molecular weight excluding hydrogens is 284 g/mol. The van der Waals surface area contributed by atoms with Crippen LogP contribution in [-0.2, 0) is 9.59 Å². The monoisotopic (exact) mass is 316 g/mol. The van der Waals surface area contributed by atoms with Crippen LogP contribution in [0.4, 0.5) is 0 Å². The molecule has 124 valence electrons. The van der Waals surface area contributed by atoms with Crippen molar-refractivity contribution in [1.82, 2.24) is 9.80 Å². The van der Waals surface area contributed by atoms with Crippen LogP contribution in [0.2, 0.25) is 0 Å². The molecule has 2 amide bonds. The van der Waals surface area contributed by atoms with Gasteiger partial charge in [-0.1, -0.05) is 0 Å². The summed E-state index contributed by atoms with van der Waals surface area (Å²) >= 11 is 1.41. The van der Waals surface area contributed by atoms with E-state index in [9.17, 15) is 9.59 Å².